The average molecular weight is 316 g/mol. The predicted molar refractivity (Wildman–Crippen MR) is 72.9 cm³/mol. The first kappa shape index (κ1) is 15.8. The van der Waals surface area contributed by atoms with E-state index >= 15 is 0 Å². The van der Waals surface area contributed by atoms with E-state index in [4.69, 9.17) is 9.47 Å². The van der Waals surface area contributed by atoms with Gasteiger partial charge < -0.3 is 9.47 Å². The third kappa shape index (κ3) is 2.91. The second-order valence-electron chi connectivity index (χ2n) is 5.02. The third-order valence-corrected chi connectivity index (χ3v) is 5.27. The number of hydrogen-bond acceptors (Lipinski definition) is 6. The zero-order valence-corrected chi connectivity index (χ0v) is 12.7. The summed E-state index contributed by atoms with van der Waals surface area (Å²) >= 11 is 0. The molecule has 0 amide bonds. The van der Waals surface area contributed by atoms with Gasteiger partial charge in [-0.05, 0) is 26.0 Å². The van der Waals surface area contributed by atoms with Crippen LogP contribution in [-0.2, 0) is 19.5 Å². The Morgan fingerprint density at radius 2 is 1.95 bits per heavy atom. The molecule has 0 bridgehead atoms. The molecule has 9 heteroatoms. The molecule has 0 N–H and O–H groups in total. The van der Waals surface area contributed by atoms with E-state index in [1.54, 1.807) is 13.8 Å². The number of benzene rings is 1. The number of hydrogen-bond donors (Lipinski definition) is 0. The standard InChI is InChI=1S/C12H16N2O6S/c1-12(2)13(8-11(19-3)20-12)21(17,18)10-6-4-9(5-7-10)14(15)16/h4-7,11H,8H2,1-3H3. The predicted octanol–water partition coefficient (Wildman–Crippen LogP) is 1.32. The summed E-state index contributed by atoms with van der Waals surface area (Å²) in [6, 6.07) is 4.74. The number of ether oxygens (including phenoxy) is 2. The van der Waals surface area contributed by atoms with Crippen LogP contribution >= 0.6 is 0 Å². The molecule has 0 spiro atoms. The zero-order chi connectivity index (χ0) is 15.8. The number of methoxy groups -OCH3 is 1. The van der Waals surface area contributed by atoms with Gasteiger partial charge in [0.25, 0.3) is 5.69 Å². The molecule has 1 fully saturated rings. The van der Waals surface area contributed by atoms with Crippen LogP contribution in [0, 0.1) is 10.1 Å². The summed E-state index contributed by atoms with van der Waals surface area (Å²) < 4.78 is 36.9. The molecule has 8 nitrogen and oxygen atoms in total. The van der Waals surface area contributed by atoms with Gasteiger partial charge >= 0.3 is 0 Å². The molecule has 21 heavy (non-hydrogen) atoms. The van der Waals surface area contributed by atoms with E-state index in [0.717, 1.165) is 12.1 Å². The molecule has 0 radical (unpaired) electrons. The molecule has 2 rings (SSSR count). The largest absolute Gasteiger partial charge is 0.354 e. The maximum atomic E-state index is 12.6. The number of non-ortho nitro benzene ring substituents is 1. The highest BCUT2D eigenvalue weighted by Gasteiger charge is 2.47. The minimum absolute atomic E-state index is 0.0264. The van der Waals surface area contributed by atoms with Gasteiger partial charge in [0.15, 0.2) is 6.29 Å². The van der Waals surface area contributed by atoms with Crippen LogP contribution in [0.5, 0.6) is 0 Å². The van der Waals surface area contributed by atoms with Gasteiger partial charge in [-0.2, -0.15) is 4.31 Å². The van der Waals surface area contributed by atoms with Crippen molar-refractivity contribution in [3.05, 3.63) is 34.4 Å². The summed E-state index contributed by atoms with van der Waals surface area (Å²) in [4.78, 5) is 10.0. The second kappa shape index (κ2) is 5.34. The van der Waals surface area contributed by atoms with Crippen LogP contribution in [0.3, 0.4) is 0 Å². The van der Waals surface area contributed by atoms with Crippen LogP contribution in [0.2, 0.25) is 0 Å². The fraction of sp³-hybridized carbons (Fsp3) is 0.500. The SMILES string of the molecule is COC1CN(S(=O)(=O)c2ccc([N+](=O)[O-])cc2)C(C)(C)O1. The number of rotatable bonds is 4. The molecule has 1 unspecified atom stereocenters. The normalized spacial score (nSPS) is 22.3. The van der Waals surface area contributed by atoms with Gasteiger partial charge in [-0.3, -0.25) is 10.1 Å². The van der Waals surface area contributed by atoms with Crippen molar-refractivity contribution in [3.8, 4) is 0 Å². The third-order valence-electron chi connectivity index (χ3n) is 3.23. The maximum Gasteiger partial charge on any atom is 0.269 e. The van der Waals surface area contributed by atoms with Crippen LogP contribution in [0.1, 0.15) is 13.8 Å². The molecule has 1 aromatic carbocycles. The van der Waals surface area contributed by atoms with Crippen molar-refractivity contribution in [3.63, 3.8) is 0 Å². The van der Waals surface area contributed by atoms with E-state index in [2.05, 4.69) is 0 Å². The van der Waals surface area contributed by atoms with E-state index in [9.17, 15) is 18.5 Å². The molecule has 1 aliphatic heterocycles. The molecule has 1 saturated heterocycles. The first-order valence-corrected chi connectivity index (χ1v) is 7.60. The minimum atomic E-state index is -3.83. The Morgan fingerprint density at radius 3 is 2.38 bits per heavy atom. The summed E-state index contributed by atoms with van der Waals surface area (Å²) in [7, 11) is -2.39. The number of nitro benzene ring substituents is 1. The van der Waals surface area contributed by atoms with E-state index in [-0.39, 0.29) is 17.1 Å². The van der Waals surface area contributed by atoms with Gasteiger partial charge in [-0.25, -0.2) is 8.42 Å². The topological polar surface area (TPSA) is 99.0 Å². The second-order valence-corrected chi connectivity index (χ2v) is 6.88. The summed E-state index contributed by atoms with van der Waals surface area (Å²) in [6.07, 6.45) is -0.646. The summed E-state index contributed by atoms with van der Waals surface area (Å²) in [6.45, 7) is 3.30. The molecule has 1 aromatic rings. The minimum Gasteiger partial charge on any atom is -0.354 e. The molecular weight excluding hydrogens is 300 g/mol. The highest BCUT2D eigenvalue weighted by molar-refractivity contribution is 7.89. The molecule has 1 atom stereocenters. The molecular formula is C12H16N2O6S. The molecule has 0 aliphatic carbocycles. The first-order valence-electron chi connectivity index (χ1n) is 6.16. The Labute approximate surface area is 122 Å². The Hall–Kier alpha value is -1.55. The number of sulfonamides is 1. The Morgan fingerprint density at radius 1 is 1.38 bits per heavy atom. The molecule has 0 aromatic heterocycles. The van der Waals surface area contributed by atoms with Crippen molar-refractivity contribution < 1.29 is 22.8 Å². The first-order chi connectivity index (χ1) is 9.68. The molecule has 1 aliphatic rings. The Balaban J connectivity index is 2.35. The fourth-order valence-corrected chi connectivity index (χ4v) is 3.82. The highest BCUT2D eigenvalue weighted by atomic mass is 32.2. The lowest BCUT2D eigenvalue weighted by Gasteiger charge is -2.28. The number of nitro groups is 1. The van der Waals surface area contributed by atoms with Crippen LogP contribution in [0.25, 0.3) is 0 Å². The highest BCUT2D eigenvalue weighted by Crippen LogP contribution is 2.33. The van der Waals surface area contributed by atoms with E-state index in [1.165, 1.54) is 23.5 Å². The number of nitrogens with zero attached hydrogens (tertiary/aromatic N) is 2. The van der Waals surface area contributed by atoms with E-state index < -0.39 is 27.0 Å². The van der Waals surface area contributed by atoms with Crippen molar-refractivity contribution in [2.75, 3.05) is 13.7 Å². The Bertz CT molecular complexity index is 640. The van der Waals surface area contributed by atoms with Crippen molar-refractivity contribution in [1.29, 1.82) is 0 Å². The van der Waals surface area contributed by atoms with Gasteiger partial charge in [0, 0.05) is 19.2 Å². The van der Waals surface area contributed by atoms with Crippen LogP contribution in [0.15, 0.2) is 29.2 Å². The summed E-state index contributed by atoms with van der Waals surface area (Å²) in [5.41, 5.74) is -1.22. The van der Waals surface area contributed by atoms with Crippen LogP contribution in [-0.4, -0.2) is 43.3 Å². The quantitative estimate of drug-likeness (QED) is 0.613. The van der Waals surface area contributed by atoms with Gasteiger partial charge in [0.1, 0.15) is 5.72 Å². The van der Waals surface area contributed by atoms with E-state index in [1.807, 2.05) is 0 Å². The van der Waals surface area contributed by atoms with Crippen LogP contribution in [0.4, 0.5) is 5.69 Å². The lowest BCUT2D eigenvalue weighted by Crippen LogP contribution is -2.43. The summed E-state index contributed by atoms with van der Waals surface area (Å²) in [5, 5.41) is 10.6. The Kier molecular flexibility index (Phi) is 4.02. The van der Waals surface area contributed by atoms with Gasteiger partial charge in [0.05, 0.1) is 16.4 Å². The smallest absolute Gasteiger partial charge is 0.269 e. The van der Waals surface area contributed by atoms with Crippen molar-refractivity contribution in [2.24, 2.45) is 0 Å². The van der Waals surface area contributed by atoms with Crippen molar-refractivity contribution in [1.82, 2.24) is 4.31 Å². The van der Waals surface area contributed by atoms with Crippen molar-refractivity contribution >= 4 is 15.7 Å². The lowest BCUT2D eigenvalue weighted by atomic mass is 10.3. The van der Waals surface area contributed by atoms with Crippen molar-refractivity contribution in [2.45, 2.75) is 30.8 Å². The zero-order valence-electron chi connectivity index (χ0n) is 11.8. The molecule has 116 valence electrons. The summed E-state index contributed by atoms with van der Waals surface area (Å²) in [5.74, 6) is 0. The van der Waals surface area contributed by atoms with Gasteiger partial charge in [-0.1, -0.05) is 0 Å². The molecule has 0 saturated carbocycles. The monoisotopic (exact) mass is 316 g/mol. The molecule has 1 heterocycles. The van der Waals surface area contributed by atoms with Gasteiger partial charge in [0.2, 0.25) is 10.0 Å². The van der Waals surface area contributed by atoms with Gasteiger partial charge in [-0.15, -0.1) is 0 Å². The maximum absolute atomic E-state index is 12.6. The van der Waals surface area contributed by atoms with E-state index in [0.29, 0.717) is 0 Å². The lowest BCUT2D eigenvalue weighted by molar-refractivity contribution is -0.384. The van der Waals surface area contributed by atoms with Crippen LogP contribution < -0.4 is 0 Å². The average Bonchev–Trinajstić information content (AvgIpc) is 2.74. The fourth-order valence-electron chi connectivity index (χ4n) is 2.15.